The molecule has 3 heteroatoms. The third kappa shape index (κ3) is 3.22. The van der Waals surface area contributed by atoms with Crippen LogP contribution in [0, 0.1) is 11.8 Å². The van der Waals surface area contributed by atoms with Crippen LogP contribution >= 0.6 is 0 Å². The summed E-state index contributed by atoms with van der Waals surface area (Å²) in [6, 6.07) is 7.95. The van der Waals surface area contributed by atoms with E-state index in [-0.39, 0.29) is 11.8 Å². The van der Waals surface area contributed by atoms with E-state index >= 15 is 0 Å². The van der Waals surface area contributed by atoms with Crippen LogP contribution in [0.1, 0.15) is 18.9 Å². The van der Waals surface area contributed by atoms with E-state index in [4.69, 9.17) is 4.74 Å². The fourth-order valence-electron chi connectivity index (χ4n) is 1.94. The second-order valence-electron chi connectivity index (χ2n) is 4.71. The van der Waals surface area contributed by atoms with E-state index in [0.29, 0.717) is 12.5 Å². The highest BCUT2D eigenvalue weighted by Crippen LogP contribution is 2.37. The van der Waals surface area contributed by atoms with Gasteiger partial charge in [0.15, 0.2) is 0 Å². The lowest BCUT2D eigenvalue weighted by molar-refractivity contribution is -0.122. The molecular weight excluding hydrogens is 214 g/mol. The Hall–Kier alpha value is -1.51. The molecule has 1 aromatic rings. The Kier molecular flexibility index (Phi) is 3.67. The van der Waals surface area contributed by atoms with Crippen molar-refractivity contribution in [1.29, 1.82) is 0 Å². The minimum atomic E-state index is 0.214. The first-order chi connectivity index (χ1) is 8.20. The van der Waals surface area contributed by atoms with Crippen molar-refractivity contribution in [3.05, 3.63) is 29.8 Å². The zero-order valence-electron chi connectivity index (χ0n) is 10.4. The number of amides is 1. The second-order valence-corrected chi connectivity index (χ2v) is 4.71. The van der Waals surface area contributed by atoms with Crippen LogP contribution in [-0.2, 0) is 11.2 Å². The van der Waals surface area contributed by atoms with Crippen LogP contribution in [0.3, 0.4) is 0 Å². The van der Waals surface area contributed by atoms with E-state index in [1.807, 2.05) is 24.3 Å². The minimum absolute atomic E-state index is 0.214. The van der Waals surface area contributed by atoms with Gasteiger partial charge in [-0.05, 0) is 36.5 Å². The molecule has 0 radical (unpaired) electrons. The molecule has 92 valence electrons. The second kappa shape index (κ2) is 5.21. The van der Waals surface area contributed by atoms with Crippen molar-refractivity contribution in [2.24, 2.45) is 11.8 Å². The molecule has 17 heavy (non-hydrogen) atoms. The van der Waals surface area contributed by atoms with E-state index in [0.717, 1.165) is 18.6 Å². The maximum atomic E-state index is 11.6. The molecular formula is C14H19NO2. The number of carbonyl (C=O) groups is 1. The molecule has 2 atom stereocenters. The molecule has 3 nitrogen and oxygen atoms in total. The molecule has 0 heterocycles. The van der Waals surface area contributed by atoms with E-state index < -0.39 is 0 Å². The summed E-state index contributed by atoms with van der Waals surface area (Å²) in [6.45, 7) is 2.84. The van der Waals surface area contributed by atoms with Crippen molar-refractivity contribution in [3.63, 3.8) is 0 Å². The third-order valence-electron chi connectivity index (χ3n) is 3.32. The summed E-state index contributed by atoms with van der Waals surface area (Å²) >= 11 is 0. The summed E-state index contributed by atoms with van der Waals surface area (Å²) < 4.78 is 5.09. The Bertz CT molecular complexity index is 386. The summed E-state index contributed by atoms with van der Waals surface area (Å²) in [7, 11) is 1.66. The van der Waals surface area contributed by atoms with Crippen LogP contribution in [0.15, 0.2) is 24.3 Å². The SMILES string of the molecule is COc1ccc(CCNC(=O)[C@@H]2C[C@@H]2C)cc1. The topological polar surface area (TPSA) is 38.3 Å². The average molecular weight is 233 g/mol. The summed E-state index contributed by atoms with van der Waals surface area (Å²) in [4.78, 5) is 11.6. The fourth-order valence-corrected chi connectivity index (χ4v) is 1.94. The summed E-state index contributed by atoms with van der Waals surface area (Å²) in [6.07, 6.45) is 1.92. The molecule has 0 saturated heterocycles. The van der Waals surface area contributed by atoms with Gasteiger partial charge in [0.25, 0.3) is 0 Å². The Morgan fingerprint density at radius 1 is 1.41 bits per heavy atom. The Morgan fingerprint density at radius 3 is 2.59 bits per heavy atom. The lowest BCUT2D eigenvalue weighted by Crippen LogP contribution is -2.27. The van der Waals surface area contributed by atoms with Crippen LogP contribution < -0.4 is 10.1 Å². The zero-order chi connectivity index (χ0) is 12.3. The molecule has 0 aromatic heterocycles. The lowest BCUT2D eigenvalue weighted by Gasteiger charge is -2.05. The molecule has 0 aliphatic heterocycles. The highest BCUT2D eigenvalue weighted by Gasteiger charge is 2.38. The van der Waals surface area contributed by atoms with Gasteiger partial charge in [0, 0.05) is 12.5 Å². The Labute approximate surface area is 102 Å². The molecule has 1 fully saturated rings. The first-order valence-electron chi connectivity index (χ1n) is 6.11. The van der Waals surface area contributed by atoms with Crippen molar-refractivity contribution in [3.8, 4) is 5.75 Å². The highest BCUT2D eigenvalue weighted by atomic mass is 16.5. The van der Waals surface area contributed by atoms with Gasteiger partial charge in [0.1, 0.15) is 5.75 Å². The lowest BCUT2D eigenvalue weighted by atomic mass is 10.1. The van der Waals surface area contributed by atoms with Crippen molar-refractivity contribution < 1.29 is 9.53 Å². The molecule has 1 aliphatic rings. The number of ether oxygens (including phenoxy) is 1. The van der Waals surface area contributed by atoms with Gasteiger partial charge in [0.05, 0.1) is 7.11 Å². The van der Waals surface area contributed by atoms with Crippen LogP contribution in [0.5, 0.6) is 5.75 Å². The van der Waals surface area contributed by atoms with Gasteiger partial charge < -0.3 is 10.1 Å². The van der Waals surface area contributed by atoms with E-state index in [1.54, 1.807) is 7.11 Å². The van der Waals surface area contributed by atoms with Gasteiger partial charge >= 0.3 is 0 Å². The Balaban J connectivity index is 1.72. The zero-order valence-corrected chi connectivity index (χ0v) is 10.4. The maximum Gasteiger partial charge on any atom is 0.223 e. The predicted molar refractivity (Wildman–Crippen MR) is 67.0 cm³/mol. The van der Waals surface area contributed by atoms with Gasteiger partial charge in [-0.2, -0.15) is 0 Å². The largest absolute Gasteiger partial charge is 0.497 e. The van der Waals surface area contributed by atoms with Gasteiger partial charge in [-0.3, -0.25) is 4.79 Å². The van der Waals surface area contributed by atoms with Crippen LogP contribution in [0.25, 0.3) is 0 Å². The Morgan fingerprint density at radius 2 is 2.06 bits per heavy atom. The predicted octanol–water partition coefficient (Wildman–Crippen LogP) is 2.01. The number of rotatable bonds is 5. The molecule has 1 aromatic carbocycles. The molecule has 1 amide bonds. The van der Waals surface area contributed by atoms with Crippen LogP contribution in [0.2, 0.25) is 0 Å². The van der Waals surface area contributed by atoms with E-state index in [2.05, 4.69) is 12.2 Å². The van der Waals surface area contributed by atoms with Crippen molar-refractivity contribution in [2.45, 2.75) is 19.8 Å². The van der Waals surface area contributed by atoms with Gasteiger partial charge in [0.2, 0.25) is 5.91 Å². The van der Waals surface area contributed by atoms with Gasteiger partial charge in [-0.25, -0.2) is 0 Å². The number of benzene rings is 1. The first-order valence-corrected chi connectivity index (χ1v) is 6.11. The fraction of sp³-hybridized carbons (Fsp3) is 0.500. The number of nitrogens with one attached hydrogen (secondary N) is 1. The van der Waals surface area contributed by atoms with Crippen LogP contribution in [0.4, 0.5) is 0 Å². The molecule has 1 saturated carbocycles. The smallest absolute Gasteiger partial charge is 0.223 e. The quantitative estimate of drug-likeness (QED) is 0.845. The highest BCUT2D eigenvalue weighted by molar-refractivity contribution is 5.81. The monoisotopic (exact) mass is 233 g/mol. The summed E-state index contributed by atoms with van der Waals surface area (Å²) in [5, 5.41) is 2.98. The molecule has 1 N–H and O–H groups in total. The number of methoxy groups -OCH3 is 1. The number of hydrogen-bond acceptors (Lipinski definition) is 2. The van der Waals surface area contributed by atoms with Crippen molar-refractivity contribution in [2.75, 3.05) is 13.7 Å². The number of hydrogen-bond donors (Lipinski definition) is 1. The molecule has 0 bridgehead atoms. The standard InChI is InChI=1S/C14H19NO2/c1-10-9-13(10)14(16)15-8-7-11-3-5-12(17-2)6-4-11/h3-6,10,13H,7-9H2,1-2H3,(H,15,16)/t10-,13+/m0/s1. The molecule has 0 spiro atoms. The molecule has 1 aliphatic carbocycles. The van der Waals surface area contributed by atoms with Gasteiger partial charge in [-0.15, -0.1) is 0 Å². The van der Waals surface area contributed by atoms with Crippen molar-refractivity contribution in [1.82, 2.24) is 5.32 Å². The molecule has 2 rings (SSSR count). The third-order valence-corrected chi connectivity index (χ3v) is 3.32. The minimum Gasteiger partial charge on any atom is -0.497 e. The normalized spacial score (nSPS) is 22.0. The van der Waals surface area contributed by atoms with E-state index in [1.165, 1.54) is 5.56 Å². The average Bonchev–Trinajstić information content (AvgIpc) is 3.07. The summed E-state index contributed by atoms with van der Waals surface area (Å²) in [5.74, 6) is 1.93. The first kappa shape index (κ1) is 12.0. The van der Waals surface area contributed by atoms with Crippen LogP contribution in [-0.4, -0.2) is 19.6 Å². The van der Waals surface area contributed by atoms with Gasteiger partial charge in [-0.1, -0.05) is 19.1 Å². The molecule has 0 unspecified atom stereocenters. The maximum absolute atomic E-state index is 11.6. The van der Waals surface area contributed by atoms with Crippen molar-refractivity contribution >= 4 is 5.91 Å². The van der Waals surface area contributed by atoms with E-state index in [9.17, 15) is 4.79 Å². The summed E-state index contributed by atoms with van der Waals surface area (Å²) in [5.41, 5.74) is 1.22. The number of carbonyl (C=O) groups excluding carboxylic acids is 1.